The van der Waals surface area contributed by atoms with Crippen LogP contribution in [0, 0.1) is 0 Å². The number of anilines is 2. The zero-order valence-corrected chi connectivity index (χ0v) is 16.5. The molecule has 0 aromatic heterocycles. The minimum Gasteiger partial charge on any atom is -0.368 e. The highest BCUT2D eigenvalue weighted by Gasteiger charge is 2.29. The molecular weight excluding hydrogens is 350 g/mol. The molecule has 2 aromatic rings. The quantitative estimate of drug-likeness (QED) is 0.812. The van der Waals surface area contributed by atoms with Crippen molar-refractivity contribution in [1.29, 1.82) is 0 Å². The first kappa shape index (κ1) is 19.7. The van der Waals surface area contributed by atoms with Crippen LogP contribution in [0.3, 0.4) is 0 Å². The van der Waals surface area contributed by atoms with Gasteiger partial charge in [-0.3, -0.25) is 9.59 Å². The molecule has 0 radical (unpaired) electrons. The van der Waals surface area contributed by atoms with Crippen LogP contribution in [0.5, 0.6) is 0 Å². The summed E-state index contributed by atoms with van der Waals surface area (Å²) in [7, 11) is 0. The predicted octanol–water partition coefficient (Wildman–Crippen LogP) is 3.44. The highest BCUT2D eigenvalue weighted by Crippen LogP contribution is 2.26. The lowest BCUT2D eigenvalue weighted by Gasteiger charge is -2.35. The van der Waals surface area contributed by atoms with Crippen molar-refractivity contribution in [3.8, 4) is 0 Å². The van der Waals surface area contributed by atoms with Crippen LogP contribution in [-0.2, 0) is 15.0 Å². The summed E-state index contributed by atoms with van der Waals surface area (Å²) >= 11 is 0. The monoisotopic (exact) mass is 377 g/mol. The lowest BCUT2D eigenvalue weighted by Crippen LogP contribution is -2.48. The molecule has 0 aliphatic carbocycles. The first-order valence-corrected chi connectivity index (χ1v) is 9.55. The average Bonchev–Trinajstić information content (AvgIpc) is 2.74. The lowest BCUT2D eigenvalue weighted by molar-refractivity contribution is -0.126. The number of carbonyl (C=O) groups is 2. The predicted molar refractivity (Wildman–Crippen MR) is 114 cm³/mol. The molecule has 0 bridgehead atoms. The molecule has 1 aliphatic rings. The highest BCUT2D eigenvalue weighted by molar-refractivity contribution is 5.98. The first-order chi connectivity index (χ1) is 13.4. The van der Waals surface area contributed by atoms with Crippen molar-refractivity contribution >= 4 is 23.2 Å². The first-order valence-electron chi connectivity index (χ1n) is 9.55. The number of carbonyl (C=O) groups excluding carboxylic acids is 2. The Kier molecular flexibility index (Phi) is 5.83. The van der Waals surface area contributed by atoms with Gasteiger partial charge in [0.2, 0.25) is 11.8 Å². The molecular formula is C23H27N3O2. The molecule has 1 aliphatic heterocycles. The molecule has 2 amide bonds. The molecule has 0 spiro atoms. The standard InChI is InChI=1S/C23H27N3O2/c1-4-21(27)26-16-14-25(15-17-26)20-12-10-19(11-13-20)24-22(28)23(2,3)18-8-6-5-7-9-18/h4-13H,1,14-17H2,2-3H3,(H,24,28). The van der Waals surface area contributed by atoms with Crippen molar-refractivity contribution < 1.29 is 9.59 Å². The molecule has 1 heterocycles. The summed E-state index contributed by atoms with van der Waals surface area (Å²) in [6.07, 6.45) is 1.37. The smallest absolute Gasteiger partial charge is 0.246 e. The molecule has 0 unspecified atom stereocenters. The Bertz CT molecular complexity index is 836. The van der Waals surface area contributed by atoms with Crippen molar-refractivity contribution in [2.45, 2.75) is 19.3 Å². The molecule has 0 saturated carbocycles. The molecule has 28 heavy (non-hydrogen) atoms. The summed E-state index contributed by atoms with van der Waals surface area (Å²) in [6, 6.07) is 17.7. The number of amides is 2. The van der Waals surface area contributed by atoms with E-state index in [0.717, 1.165) is 30.0 Å². The molecule has 5 nitrogen and oxygen atoms in total. The van der Waals surface area contributed by atoms with E-state index in [9.17, 15) is 9.59 Å². The number of hydrogen-bond donors (Lipinski definition) is 1. The van der Waals surface area contributed by atoms with Crippen LogP contribution in [0.15, 0.2) is 67.3 Å². The third-order valence-electron chi connectivity index (χ3n) is 5.32. The molecule has 1 fully saturated rings. The van der Waals surface area contributed by atoms with E-state index < -0.39 is 5.41 Å². The fourth-order valence-electron chi connectivity index (χ4n) is 3.34. The molecule has 1 saturated heterocycles. The van der Waals surface area contributed by atoms with E-state index >= 15 is 0 Å². The number of benzene rings is 2. The van der Waals surface area contributed by atoms with E-state index in [4.69, 9.17) is 0 Å². The molecule has 3 rings (SSSR count). The van der Waals surface area contributed by atoms with E-state index in [1.54, 1.807) is 0 Å². The third-order valence-corrected chi connectivity index (χ3v) is 5.32. The van der Waals surface area contributed by atoms with Crippen molar-refractivity contribution in [3.05, 3.63) is 72.8 Å². The maximum atomic E-state index is 12.8. The summed E-state index contributed by atoms with van der Waals surface area (Å²) in [4.78, 5) is 28.5. The number of nitrogens with one attached hydrogen (secondary N) is 1. The van der Waals surface area contributed by atoms with Crippen LogP contribution < -0.4 is 10.2 Å². The summed E-state index contributed by atoms with van der Waals surface area (Å²) in [5.41, 5.74) is 2.23. The van der Waals surface area contributed by atoms with E-state index in [2.05, 4.69) is 16.8 Å². The Hall–Kier alpha value is -3.08. The van der Waals surface area contributed by atoms with Crippen molar-refractivity contribution in [2.75, 3.05) is 36.4 Å². The molecule has 5 heteroatoms. The second kappa shape index (κ2) is 8.30. The van der Waals surface area contributed by atoms with Crippen LogP contribution in [0.25, 0.3) is 0 Å². The molecule has 0 atom stereocenters. The number of hydrogen-bond acceptors (Lipinski definition) is 3. The average molecular weight is 377 g/mol. The van der Waals surface area contributed by atoms with Crippen LogP contribution in [0.4, 0.5) is 11.4 Å². The van der Waals surface area contributed by atoms with E-state index in [1.807, 2.05) is 73.3 Å². The summed E-state index contributed by atoms with van der Waals surface area (Å²) in [5.74, 6) is -0.0539. The van der Waals surface area contributed by atoms with Gasteiger partial charge in [-0.1, -0.05) is 36.9 Å². The summed E-state index contributed by atoms with van der Waals surface area (Å²) in [5, 5.41) is 3.02. The SMILES string of the molecule is C=CC(=O)N1CCN(c2ccc(NC(=O)C(C)(C)c3ccccc3)cc2)CC1. The van der Waals surface area contributed by atoms with Crippen molar-refractivity contribution in [2.24, 2.45) is 0 Å². The van der Waals surface area contributed by atoms with Crippen LogP contribution >= 0.6 is 0 Å². The number of nitrogens with zero attached hydrogens (tertiary/aromatic N) is 2. The van der Waals surface area contributed by atoms with Gasteiger partial charge in [0.05, 0.1) is 5.41 Å². The van der Waals surface area contributed by atoms with Gasteiger partial charge in [0.1, 0.15) is 0 Å². The third kappa shape index (κ3) is 4.25. The topological polar surface area (TPSA) is 52.7 Å². The molecule has 1 N–H and O–H groups in total. The van der Waals surface area contributed by atoms with Gasteiger partial charge in [-0.25, -0.2) is 0 Å². The number of rotatable bonds is 5. The van der Waals surface area contributed by atoms with Gasteiger partial charge in [-0.15, -0.1) is 0 Å². The zero-order valence-electron chi connectivity index (χ0n) is 16.5. The molecule has 146 valence electrons. The Balaban J connectivity index is 1.61. The minimum atomic E-state index is -0.617. The lowest BCUT2D eigenvalue weighted by atomic mass is 9.83. The van der Waals surface area contributed by atoms with Gasteiger partial charge < -0.3 is 15.1 Å². The van der Waals surface area contributed by atoms with Crippen LogP contribution in [-0.4, -0.2) is 42.9 Å². The second-order valence-corrected chi connectivity index (χ2v) is 7.51. The normalized spacial score (nSPS) is 14.5. The summed E-state index contributed by atoms with van der Waals surface area (Å²) in [6.45, 7) is 10.3. The van der Waals surface area contributed by atoms with Gasteiger partial charge in [0, 0.05) is 37.6 Å². The van der Waals surface area contributed by atoms with E-state index in [-0.39, 0.29) is 11.8 Å². The van der Waals surface area contributed by atoms with Gasteiger partial charge >= 0.3 is 0 Å². The Morgan fingerprint density at radius 3 is 2.14 bits per heavy atom. The highest BCUT2D eigenvalue weighted by atomic mass is 16.2. The fourth-order valence-corrected chi connectivity index (χ4v) is 3.34. The van der Waals surface area contributed by atoms with E-state index in [1.165, 1.54) is 6.08 Å². The van der Waals surface area contributed by atoms with E-state index in [0.29, 0.717) is 13.1 Å². The summed E-state index contributed by atoms with van der Waals surface area (Å²) < 4.78 is 0. The second-order valence-electron chi connectivity index (χ2n) is 7.51. The van der Waals surface area contributed by atoms with Gasteiger partial charge in [-0.2, -0.15) is 0 Å². The zero-order chi connectivity index (χ0) is 20.1. The van der Waals surface area contributed by atoms with Crippen molar-refractivity contribution in [1.82, 2.24) is 4.90 Å². The van der Waals surface area contributed by atoms with Gasteiger partial charge in [0.15, 0.2) is 0 Å². The van der Waals surface area contributed by atoms with Gasteiger partial charge in [-0.05, 0) is 49.8 Å². The maximum absolute atomic E-state index is 12.8. The largest absolute Gasteiger partial charge is 0.368 e. The Morgan fingerprint density at radius 1 is 0.964 bits per heavy atom. The molecule has 2 aromatic carbocycles. The Morgan fingerprint density at radius 2 is 1.57 bits per heavy atom. The Labute approximate surface area is 166 Å². The number of piperazine rings is 1. The van der Waals surface area contributed by atoms with Gasteiger partial charge in [0.25, 0.3) is 0 Å². The maximum Gasteiger partial charge on any atom is 0.246 e. The fraction of sp³-hybridized carbons (Fsp3) is 0.304. The van der Waals surface area contributed by atoms with Crippen LogP contribution in [0.2, 0.25) is 0 Å². The van der Waals surface area contributed by atoms with Crippen LogP contribution in [0.1, 0.15) is 19.4 Å². The van der Waals surface area contributed by atoms with Crippen molar-refractivity contribution in [3.63, 3.8) is 0 Å². The minimum absolute atomic E-state index is 0.0151.